The van der Waals surface area contributed by atoms with Gasteiger partial charge in [0.05, 0.1) is 6.20 Å². The Morgan fingerprint density at radius 1 is 1.41 bits per heavy atom. The predicted molar refractivity (Wildman–Crippen MR) is 70.9 cm³/mol. The van der Waals surface area contributed by atoms with Crippen molar-refractivity contribution in [2.75, 3.05) is 6.54 Å². The third kappa shape index (κ3) is 3.09. The maximum absolute atomic E-state index is 4.31. The van der Waals surface area contributed by atoms with Crippen LogP contribution in [-0.4, -0.2) is 16.3 Å². The Hall–Kier alpha value is -0.830. The molecule has 17 heavy (non-hydrogen) atoms. The molecule has 0 saturated heterocycles. The summed E-state index contributed by atoms with van der Waals surface area (Å²) >= 11 is 0. The molecule has 1 fully saturated rings. The summed E-state index contributed by atoms with van der Waals surface area (Å²) in [4.78, 5) is 0. The Balaban J connectivity index is 1.84. The maximum Gasteiger partial charge on any atom is 0.0540 e. The van der Waals surface area contributed by atoms with Crippen LogP contribution in [0.5, 0.6) is 0 Å². The zero-order valence-corrected chi connectivity index (χ0v) is 11.4. The molecule has 1 aliphatic rings. The van der Waals surface area contributed by atoms with Gasteiger partial charge in [0.1, 0.15) is 0 Å². The van der Waals surface area contributed by atoms with Crippen LogP contribution in [0.2, 0.25) is 0 Å². The summed E-state index contributed by atoms with van der Waals surface area (Å²) in [6.45, 7) is 5.55. The summed E-state index contributed by atoms with van der Waals surface area (Å²) in [5.74, 6) is 0.892. The fourth-order valence-electron chi connectivity index (χ4n) is 2.79. The first-order valence-electron chi connectivity index (χ1n) is 6.90. The summed E-state index contributed by atoms with van der Waals surface area (Å²) in [6.07, 6.45) is 9.10. The van der Waals surface area contributed by atoms with Gasteiger partial charge in [0.15, 0.2) is 0 Å². The van der Waals surface area contributed by atoms with Crippen molar-refractivity contribution in [2.24, 2.45) is 13.0 Å². The molecule has 96 valence electrons. The van der Waals surface area contributed by atoms with E-state index in [4.69, 9.17) is 0 Å². The van der Waals surface area contributed by atoms with Gasteiger partial charge < -0.3 is 5.32 Å². The van der Waals surface area contributed by atoms with E-state index in [1.54, 1.807) is 0 Å². The largest absolute Gasteiger partial charge is 0.310 e. The monoisotopic (exact) mass is 235 g/mol. The molecule has 3 heteroatoms. The van der Waals surface area contributed by atoms with Gasteiger partial charge in [-0.2, -0.15) is 5.10 Å². The molecule has 0 aliphatic heterocycles. The van der Waals surface area contributed by atoms with Crippen LogP contribution in [0.25, 0.3) is 0 Å². The van der Waals surface area contributed by atoms with E-state index in [2.05, 4.69) is 24.3 Å². The summed E-state index contributed by atoms with van der Waals surface area (Å²) in [5.41, 5.74) is 2.61. The van der Waals surface area contributed by atoms with E-state index in [0.29, 0.717) is 6.04 Å². The maximum atomic E-state index is 4.31. The van der Waals surface area contributed by atoms with E-state index in [-0.39, 0.29) is 0 Å². The number of rotatable bonds is 4. The topological polar surface area (TPSA) is 29.9 Å². The van der Waals surface area contributed by atoms with Crippen LogP contribution in [0.1, 0.15) is 56.3 Å². The molecule has 1 saturated carbocycles. The normalized spacial score (nSPS) is 19.5. The zero-order chi connectivity index (χ0) is 12.3. The minimum absolute atomic E-state index is 0.422. The second-order valence-electron chi connectivity index (χ2n) is 5.44. The minimum Gasteiger partial charge on any atom is -0.310 e. The summed E-state index contributed by atoms with van der Waals surface area (Å²) in [5, 5.41) is 7.98. The Morgan fingerprint density at radius 3 is 2.71 bits per heavy atom. The molecule has 1 atom stereocenters. The van der Waals surface area contributed by atoms with Crippen molar-refractivity contribution < 1.29 is 0 Å². The molecule has 1 aliphatic carbocycles. The second-order valence-corrected chi connectivity index (χ2v) is 5.44. The molecule has 0 amide bonds. The van der Waals surface area contributed by atoms with E-state index < -0.39 is 0 Å². The average Bonchev–Trinajstić information content (AvgIpc) is 2.69. The first-order valence-corrected chi connectivity index (χ1v) is 6.90. The van der Waals surface area contributed by atoms with Crippen LogP contribution < -0.4 is 5.32 Å². The Morgan fingerprint density at radius 2 is 2.12 bits per heavy atom. The zero-order valence-electron chi connectivity index (χ0n) is 11.4. The van der Waals surface area contributed by atoms with Crippen LogP contribution in [0.4, 0.5) is 0 Å². The second kappa shape index (κ2) is 5.67. The molecule has 0 radical (unpaired) electrons. The Labute approximate surface area is 105 Å². The molecular formula is C14H25N3. The van der Waals surface area contributed by atoms with Gasteiger partial charge >= 0.3 is 0 Å². The molecule has 1 N–H and O–H groups in total. The molecular weight excluding hydrogens is 210 g/mol. The lowest BCUT2D eigenvalue weighted by Crippen LogP contribution is -2.27. The highest BCUT2D eigenvalue weighted by atomic mass is 15.3. The highest BCUT2D eigenvalue weighted by molar-refractivity contribution is 5.19. The lowest BCUT2D eigenvalue weighted by molar-refractivity contribution is 0.331. The molecule has 0 bridgehead atoms. The van der Waals surface area contributed by atoms with Gasteiger partial charge in [-0.05, 0) is 39.2 Å². The van der Waals surface area contributed by atoms with Crippen molar-refractivity contribution in [2.45, 2.75) is 52.0 Å². The Kier molecular flexibility index (Phi) is 4.21. The molecule has 2 rings (SSSR count). The fraction of sp³-hybridized carbons (Fsp3) is 0.786. The first-order chi connectivity index (χ1) is 8.18. The molecule has 0 aromatic carbocycles. The standard InChI is InChI=1S/C14H25N3/c1-11(14-10-16-17(3)12(14)2)15-9-13-7-5-4-6-8-13/h10-11,13,15H,4-9H2,1-3H3. The highest BCUT2D eigenvalue weighted by Gasteiger charge is 2.16. The lowest BCUT2D eigenvalue weighted by atomic mass is 9.89. The average molecular weight is 235 g/mol. The molecule has 3 nitrogen and oxygen atoms in total. The van der Waals surface area contributed by atoms with Gasteiger partial charge in [0.25, 0.3) is 0 Å². The summed E-state index contributed by atoms with van der Waals surface area (Å²) < 4.78 is 1.95. The van der Waals surface area contributed by atoms with Crippen LogP contribution >= 0.6 is 0 Å². The molecule has 1 unspecified atom stereocenters. The van der Waals surface area contributed by atoms with Crippen LogP contribution in [0.15, 0.2) is 6.20 Å². The van der Waals surface area contributed by atoms with E-state index in [1.165, 1.54) is 43.4 Å². The van der Waals surface area contributed by atoms with E-state index in [1.807, 2.05) is 17.9 Å². The van der Waals surface area contributed by atoms with E-state index in [9.17, 15) is 0 Å². The third-order valence-corrected chi connectivity index (χ3v) is 4.18. The first kappa shape index (κ1) is 12.6. The predicted octanol–water partition coefficient (Wildman–Crippen LogP) is 2.96. The number of nitrogens with one attached hydrogen (secondary N) is 1. The van der Waals surface area contributed by atoms with E-state index >= 15 is 0 Å². The van der Waals surface area contributed by atoms with Gasteiger partial charge in [0.2, 0.25) is 0 Å². The van der Waals surface area contributed by atoms with Crippen molar-refractivity contribution in [3.05, 3.63) is 17.5 Å². The molecule has 0 spiro atoms. The molecule has 1 heterocycles. The van der Waals surface area contributed by atoms with Crippen LogP contribution in [-0.2, 0) is 7.05 Å². The SMILES string of the molecule is Cc1c(C(C)NCC2CCCCC2)cnn1C. The lowest BCUT2D eigenvalue weighted by Gasteiger charge is -2.24. The fourth-order valence-corrected chi connectivity index (χ4v) is 2.79. The number of aryl methyl sites for hydroxylation is 1. The van der Waals surface area contributed by atoms with Gasteiger partial charge in [-0.1, -0.05) is 19.3 Å². The van der Waals surface area contributed by atoms with E-state index in [0.717, 1.165) is 12.5 Å². The summed E-state index contributed by atoms with van der Waals surface area (Å²) in [6, 6.07) is 0.422. The molecule has 1 aromatic heterocycles. The number of hydrogen-bond acceptors (Lipinski definition) is 2. The molecule has 1 aromatic rings. The third-order valence-electron chi connectivity index (χ3n) is 4.18. The van der Waals surface area contributed by atoms with Gasteiger partial charge in [-0.15, -0.1) is 0 Å². The number of hydrogen-bond donors (Lipinski definition) is 1. The van der Waals surface area contributed by atoms with Crippen molar-refractivity contribution in [3.63, 3.8) is 0 Å². The van der Waals surface area contributed by atoms with Crippen molar-refractivity contribution in [3.8, 4) is 0 Å². The minimum atomic E-state index is 0.422. The van der Waals surface area contributed by atoms with Gasteiger partial charge in [-0.3, -0.25) is 4.68 Å². The van der Waals surface area contributed by atoms with Crippen LogP contribution in [0.3, 0.4) is 0 Å². The summed E-state index contributed by atoms with van der Waals surface area (Å²) in [7, 11) is 2.01. The quantitative estimate of drug-likeness (QED) is 0.869. The van der Waals surface area contributed by atoms with Gasteiger partial charge in [-0.25, -0.2) is 0 Å². The van der Waals surface area contributed by atoms with Crippen LogP contribution in [0, 0.1) is 12.8 Å². The van der Waals surface area contributed by atoms with Crippen molar-refractivity contribution >= 4 is 0 Å². The number of aromatic nitrogens is 2. The Bertz CT molecular complexity index is 350. The highest BCUT2D eigenvalue weighted by Crippen LogP contribution is 2.24. The van der Waals surface area contributed by atoms with Gasteiger partial charge in [0, 0.05) is 24.3 Å². The van der Waals surface area contributed by atoms with Crippen molar-refractivity contribution in [1.29, 1.82) is 0 Å². The number of nitrogens with zero attached hydrogens (tertiary/aromatic N) is 2. The van der Waals surface area contributed by atoms with Crippen molar-refractivity contribution in [1.82, 2.24) is 15.1 Å². The smallest absolute Gasteiger partial charge is 0.0540 e.